The summed E-state index contributed by atoms with van der Waals surface area (Å²) in [6.45, 7) is 0. The Hall–Kier alpha value is -2.94. The fourth-order valence-electron chi connectivity index (χ4n) is 3.87. The summed E-state index contributed by atoms with van der Waals surface area (Å²) in [5.41, 5.74) is 4.81. The van der Waals surface area contributed by atoms with Crippen molar-refractivity contribution in [2.24, 2.45) is 0 Å². The maximum Gasteiger partial charge on any atom is 0.203 e. The molecular formula is C27H31O3. The van der Waals surface area contributed by atoms with E-state index in [1.54, 1.807) is 21.3 Å². The van der Waals surface area contributed by atoms with Crippen LogP contribution < -0.4 is 14.2 Å². The van der Waals surface area contributed by atoms with Gasteiger partial charge in [0.1, 0.15) is 0 Å². The van der Waals surface area contributed by atoms with E-state index >= 15 is 0 Å². The van der Waals surface area contributed by atoms with Crippen LogP contribution in [0, 0.1) is 6.07 Å². The Labute approximate surface area is 180 Å². The van der Waals surface area contributed by atoms with Gasteiger partial charge >= 0.3 is 0 Å². The third kappa shape index (κ3) is 5.56. The first-order valence-corrected chi connectivity index (χ1v) is 10.6. The second-order valence-corrected chi connectivity index (χ2v) is 7.36. The van der Waals surface area contributed by atoms with Crippen molar-refractivity contribution in [2.75, 3.05) is 21.3 Å². The molecule has 0 fully saturated rings. The van der Waals surface area contributed by atoms with Gasteiger partial charge in [-0.15, -0.1) is 0 Å². The van der Waals surface area contributed by atoms with Crippen molar-refractivity contribution in [1.82, 2.24) is 0 Å². The Morgan fingerprint density at radius 1 is 0.533 bits per heavy atom. The van der Waals surface area contributed by atoms with Crippen molar-refractivity contribution in [2.45, 2.75) is 38.5 Å². The minimum absolute atomic E-state index is 0.670. The van der Waals surface area contributed by atoms with Crippen LogP contribution in [0.4, 0.5) is 0 Å². The topological polar surface area (TPSA) is 27.7 Å². The van der Waals surface area contributed by atoms with Crippen molar-refractivity contribution in [3.05, 3.63) is 89.0 Å². The molecule has 0 atom stereocenters. The zero-order valence-corrected chi connectivity index (χ0v) is 18.2. The molecule has 157 valence electrons. The van der Waals surface area contributed by atoms with Gasteiger partial charge in [-0.1, -0.05) is 60.7 Å². The number of benzene rings is 3. The van der Waals surface area contributed by atoms with Crippen LogP contribution in [-0.2, 0) is 25.7 Å². The van der Waals surface area contributed by atoms with E-state index in [1.165, 1.54) is 11.1 Å². The number of aryl methyl sites for hydroxylation is 4. The number of hydrogen-bond donors (Lipinski definition) is 0. The van der Waals surface area contributed by atoms with Gasteiger partial charge < -0.3 is 14.2 Å². The largest absolute Gasteiger partial charge is 0.492 e. The maximum absolute atomic E-state index is 5.71. The van der Waals surface area contributed by atoms with Crippen LogP contribution in [0.5, 0.6) is 17.2 Å². The molecule has 0 aliphatic rings. The van der Waals surface area contributed by atoms with E-state index < -0.39 is 0 Å². The first kappa shape index (κ1) is 21.8. The smallest absolute Gasteiger partial charge is 0.203 e. The van der Waals surface area contributed by atoms with Crippen molar-refractivity contribution in [3.63, 3.8) is 0 Å². The lowest BCUT2D eigenvalue weighted by molar-refractivity contribution is 0.319. The van der Waals surface area contributed by atoms with Gasteiger partial charge in [-0.25, -0.2) is 0 Å². The fourth-order valence-corrected chi connectivity index (χ4v) is 3.87. The van der Waals surface area contributed by atoms with Gasteiger partial charge in [0, 0.05) is 11.1 Å². The van der Waals surface area contributed by atoms with Gasteiger partial charge in [0.05, 0.1) is 21.3 Å². The highest BCUT2D eigenvalue weighted by atomic mass is 16.5. The molecule has 0 amide bonds. The Morgan fingerprint density at radius 2 is 0.933 bits per heavy atom. The van der Waals surface area contributed by atoms with Gasteiger partial charge in [0.15, 0.2) is 11.5 Å². The Kier molecular flexibility index (Phi) is 8.20. The maximum atomic E-state index is 5.71. The molecule has 0 N–H and O–H groups in total. The molecule has 3 aromatic carbocycles. The van der Waals surface area contributed by atoms with E-state index in [-0.39, 0.29) is 0 Å². The molecule has 0 aromatic heterocycles. The molecule has 30 heavy (non-hydrogen) atoms. The standard InChI is InChI=1S/C27H31O3/c1-28-25-23(18-10-16-21-12-6-4-7-13-21)20-24(26(29-2)27(25)30-3)19-11-17-22-14-8-5-9-15-22/h4-9,12-15H,10-11,16-19H2,1-3H3. The Morgan fingerprint density at radius 3 is 1.30 bits per heavy atom. The normalized spacial score (nSPS) is 10.6. The van der Waals surface area contributed by atoms with Crippen molar-refractivity contribution >= 4 is 0 Å². The van der Waals surface area contributed by atoms with Crippen molar-refractivity contribution < 1.29 is 14.2 Å². The third-order valence-corrected chi connectivity index (χ3v) is 5.34. The van der Waals surface area contributed by atoms with Crippen molar-refractivity contribution in [3.8, 4) is 17.2 Å². The summed E-state index contributed by atoms with van der Waals surface area (Å²) in [7, 11) is 5.03. The van der Waals surface area contributed by atoms with Crippen LogP contribution in [0.1, 0.15) is 35.1 Å². The van der Waals surface area contributed by atoms with E-state index in [1.807, 2.05) is 0 Å². The van der Waals surface area contributed by atoms with Gasteiger partial charge in [-0.2, -0.15) is 0 Å². The molecule has 3 aromatic rings. The van der Waals surface area contributed by atoms with E-state index in [2.05, 4.69) is 66.7 Å². The summed E-state index contributed by atoms with van der Waals surface area (Å²) in [6.07, 6.45) is 5.85. The molecule has 1 radical (unpaired) electrons. The van der Waals surface area contributed by atoms with E-state index in [0.29, 0.717) is 5.75 Å². The lowest BCUT2D eigenvalue weighted by Gasteiger charge is -2.19. The predicted molar refractivity (Wildman–Crippen MR) is 122 cm³/mol. The molecule has 0 spiro atoms. The molecule has 0 bridgehead atoms. The highest BCUT2D eigenvalue weighted by Crippen LogP contribution is 2.43. The van der Waals surface area contributed by atoms with Gasteiger partial charge in [0.25, 0.3) is 0 Å². The third-order valence-electron chi connectivity index (χ3n) is 5.34. The molecule has 3 heteroatoms. The molecule has 0 unspecified atom stereocenters. The second-order valence-electron chi connectivity index (χ2n) is 7.36. The predicted octanol–water partition coefficient (Wildman–Crippen LogP) is 5.86. The quantitative estimate of drug-likeness (QED) is 0.401. The zero-order valence-electron chi connectivity index (χ0n) is 18.2. The zero-order chi connectivity index (χ0) is 21.2. The Bertz CT molecular complexity index is 833. The summed E-state index contributed by atoms with van der Waals surface area (Å²) in [5.74, 6) is 2.13. The molecule has 0 aliphatic heterocycles. The van der Waals surface area contributed by atoms with E-state index in [4.69, 9.17) is 14.2 Å². The summed E-state index contributed by atoms with van der Waals surface area (Å²) in [5, 5.41) is 0. The SMILES string of the molecule is COc1c(CCCc2ccccc2)[c]c(CCCc2ccccc2)c(OC)c1OC. The average Bonchev–Trinajstić information content (AvgIpc) is 2.80. The highest BCUT2D eigenvalue weighted by molar-refractivity contribution is 5.59. The second kappa shape index (κ2) is 11.3. The van der Waals surface area contributed by atoms with Crippen LogP contribution >= 0.6 is 0 Å². The lowest BCUT2D eigenvalue weighted by atomic mass is 9.97. The fraction of sp³-hybridized carbons (Fsp3) is 0.333. The van der Waals surface area contributed by atoms with Crippen LogP contribution in [0.25, 0.3) is 0 Å². The van der Waals surface area contributed by atoms with Crippen LogP contribution in [0.2, 0.25) is 0 Å². The molecule has 3 nitrogen and oxygen atoms in total. The number of methoxy groups -OCH3 is 3. The van der Waals surface area contributed by atoms with Gasteiger partial charge in [-0.05, 0) is 55.7 Å². The van der Waals surface area contributed by atoms with Crippen molar-refractivity contribution in [1.29, 1.82) is 0 Å². The molecular weight excluding hydrogens is 372 g/mol. The highest BCUT2D eigenvalue weighted by Gasteiger charge is 2.20. The first-order valence-electron chi connectivity index (χ1n) is 10.6. The number of hydrogen-bond acceptors (Lipinski definition) is 3. The van der Waals surface area contributed by atoms with Gasteiger partial charge in [0.2, 0.25) is 5.75 Å². The van der Waals surface area contributed by atoms with Gasteiger partial charge in [-0.3, -0.25) is 0 Å². The first-order chi connectivity index (χ1) is 14.8. The summed E-state index contributed by atoms with van der Waals surface area (Å²) < 4.78 is 17.1. The monoisotopic (exact) mass is 403 g/mol. The summed E-state index contributed by atoms with van der Waals surface area (Å²) in [4.78, 5) is 0. The number of rotatable bonds is 11. The number of ether oxygens (including phenoxy) is 3. The minimum Gasteiger partial charge on any atom is -0.492 e. The summed E-state index contributed by atoms with van der Waals surface area (Å²) in [6, 6.07) is 24.7. The van der Waals surface area contributed by atoms with E-state index in [0.717, 1.165) is 61.2 Å². The minimum atomic E-state index is 0.670. The average molecular weight is 404 g/mol. The molecule has 0 saturated carbocycles. The molecule has 0 heterocycles. The summed E-state index contributed by atoms with van der Waals surface area (Å²) >= 11 is 0. The lowest BCUT2D eigenvalue weighted by Crippen LogP contribution is -2.04. The van der Waals surface area contributed by atoms with Crippen LogP contribution in [-0.4, -0.2) is 21.3 Å². The molecule has 3 rings (SSSR count). The molecule has 0 saturated heterocycles. The van der Waals surface area contributed by atoms with Crippen LogP contribution in [0.15, 0.2) is 60.7 Å². The van der Waals surface area contributed by atoms with Crippen LogP contribution in [0.3, 0.4) is 0 Å². The van der Waals surface area contributed by atoms with E-state index in [9.17, 15) is 0 Å². The molecule has 0 aliphatic carbocycles. The Balaban J connectivity index is 1.77.